The van der Waals surface area contributed by atoms with Gasteiger partial charge in [-0.05, 0) is 31.5 Å². The highest BCUT2D eigenvalue weighted by Crippen LogP contribution is 2.26. The van der Waals surface area contributed by atoms with Crippen LogP contribution in [0.3, 0.4) is 0 Å². The molecule has 124 valence electrons. The van der Waals surface area contributed by atoms with Crippen molar-refractivity contribution >= 4 is 0 Å². The average Bonchev–Trinajstić information content (AvgIpc) is 3.05. The Morgan fingerprint density at radius 1 is 1.39 bits per heavy atom. The second kappa shape index (κ2) is 7.19. The molecule has 0 amide bonds. The van der Waals surface area contributed by atoms with Crippen LogP contribution in [-0.2, 0) is 4.74 Å². The average molecular weight is 319 g/mol. The lowest BCUT2D eigenvalue weighted by Gasteiger charge is -2.33. The number of unbranched alkanes of at least 4 members (excludes halogenated alkanes) is 1. The van der Waals surface area contributed by atoms with Crippen molar-refractivity contribution in [3.05, 3.63) is 35.5 Å². The summed E-state index contributed by atoms with van der Waals surface area (Å²) in [4.78, 5) is 6.79. The van der Waals surface area contributed by atoms with Gasteiger partial charge in [0, 0.05) is 12.1 Å². The normalized spacial score (nSPS) is 19.2. The highest BCUT2D eigenvalue weighted by atomic mass is 19.1. The molecular formula is C17H22FN3O2. The third-order valence-corrected chi connectivity index (χ3v) is 4.20. The molecule has 1 saturated heterocycles. The molecule has 2 aromatic rings. The molecule has 0 radical (unpaired) electrons. The van der Waals surface area contributed by atoms with Crippen molar-refractivity contribution in [2.24, 2.45) is 0 Å². The standard InChI is InChI=1S/C17H22FN3O2/c1-3-4-7-21-8-9-22-11-15(21)17-19-16(20-23-17)13-6-5-12(2)14(18)10-13/h5-6,10,15H,3-4,7-9,11H2,1-2H3/t15-/m1/s1. The first-order valence-corrected chi connectivity index (χ1v) is 8.11. The molecule has 0 saturated carbocycles. The van der Waals surface area contributed by atoms with Gasteiger partial charge in [0.15, 0.2) is 0 Å². The van der Waals surface area contributed by atoms with E-state index in [9.17, 15) is 4.39 Å². The number of ether oxygens (including phenoxy) is 1. The summed E-state index contributed by atoms with van der Waals surface area (Å²) < 4.78 is 24.7. The number of halogens is 1. The van der Waals surface area contributed by atoms with Gasteiger partial charge >= 0.3 is 0 Å². The van der Waals surface area contributed by atoms with Crippen LogP contribution in [0.2, 0.25) is 0 Å². The van der Waals surface area contributed by atoms with Crippen LogP contribution in [0.4, 0.5) is 4.39 Å². The fraction of sp³-hybridized carbons (Fsp3) is 0.529. The largest absolute Gasteiger partial charge is 0.378 e. The van der Waals surface area contributed by atoms with Crippen molar-refractivity contribution < 1.29 is 13.7 Å². The van der Waals surface area contributed by atoms with Crippen molar-refractivity contribution in [1.82, 2.24) is 15.0 Å². The van der Waals surface area contributed by atoms with Crippen LogP contribution in [-0.4, -0.2) is 41.3 Å². The summed E-state index contributed by atoms with van der Waals surface area (Å²) >= 11 is 0. The van der Waals surface area contributed by atoms with Gasteiger partial charge in [-0.2, -0.15) is 4.98 Å². The zero-order valence-electron chi connectivity index (χ0n) is 13.6. The van der Waals surface area contributed by atoms with Crippen LogP contribution < -0.4 is 0 Å². The quantitative estimate of drug-likeness (QED) is 0.846. The Balaban J connectivity index is 1.80. The van der Waals surface area contributed by atoms with Gasteiger partial charge in [-0.1, -0.05) is 30.6 Å². The van der Waals surface area contributed by atoms with Gasteiger partial charge in [0.1, 0.15) is 11.9 Å². The van der Waals surface area contributed by atoms with E-state index >= 15 is 0 Å². The topological polar surface area (TPSA) is 51.4 Å². The summed E-state index contributed by atoms with van der Waals surface area (Å²) in [5.41, 5.74) is 1.23. The van der Waals surface area contributed by atoms with E-state index in [1.807, 2.05) is 0 Å². The second-order valence-corrected chi connectivity index (χ2v) is 5.90. The highest BCUT2D eigenvalue weighted by molar-refractivity contribution is 5.55. The molecule has 6 heteroatoms. The van der Waals surface area contributed by atoms with E-state index in [1.165, 1.54) is 6.07 Å². The SMILES string of the molecule is CCCCN1CCOC[C@@H]1c1nc(-c2ccc(C)c(F)c2)no1. The molecule has 1 aliphatic rings. The van der Waals surface area contributed by atoms with Gasteiger partial charge in [0.25, 0.3) is 0 Å². The Labute approximate surface area is 135 Å². The van der Waals surface area contributed by atoms with Gasteiger partial charge in [-0.15, -0.1) is 0 Å². The molecule has 3 rings (SSSR count). The summed E-state index contributed by atoms with van der Waals surface area (Å²) in [6.07, 6.45) is 2.27. The van der Waals surface area contributed by atoms with Crippen LogP contribution >= 0.6 is 0 Å². The van der Waals surface area contributed by atoms with Gasteiger partial charge in [0.05, 0.1) is 13.2 Å². The van der Waals surface area contributed by atoms with Gasteiger partial charge in [-0.3, -0.25) is 4.90 Å². The third kappa shape index (κ3) is 3.59. The minimum atomic E-state index is -0.264. The summed E-state index contributed by atoms with van der Waals surface area (Å²) in [5.74, 6) is 0.691. The molecule has 1 fully saturated rings. The number of morpholine rings is 1. The number of benzene rings is 1. The maximum atomic E-state index is 13.7. The van der Waals surface area contributed by atoms with Crippen LogP contribution in [0.1, 0.15) is 37.3 Å². The summed E-state index contributed by atoms with van der Waals surface area (Å²) in [6, 6.07) is 4.94. The minimum Gasteiger partial charge on any atom is -0.378 e. The molecule has 0 unspecified atom stereocenters. The third-order valence-electron chi connectivity index (χ3n) is 4.20. The first-order chi connectivity index (χ1) is 11.2. The number of aromatic nitrogens is 2. The van der Waals surface area contributed by atoms with Crippen molar-refractivity contribution in [3.8, 4) is 11.4 Å². The lowest BCUT2D eigenvalue weighted by Crippen LogP contribution is -2.40. The number of aryl methyl sites for hydroxylation is 1. The predicted molar refractivity (Wildman–Crippen MR) is 84.5 cm³/mol. The molecule has 1 aromatic heterocycles. The van der Waals surface area contributed by atoms with Crippen molar-refractivity contribution in [2.75, 3.05) is 26.3 Å². The fourth-order valence-electron chi connectivity index (χ4n) is 2.71. The summed E-state index contributed by atoms with van der Waals surface area (Å²) in [5, 5.41) is 4.01. The number of hydrogen-bond acceptors (Lipinski definition) is 5. The lowest BCUT2D eigenvalue weighted by atomic mass is 10.1. The molecular weight excluding hydrogens is 297 g/mol. The number of hydrogen-bond donors (Lipinski definition) is 0. The Bertz CT molecular complexity index is 659. The zero-order chi connectivity index (χ0) is 16.2. The Morgan fingerprint density at radius 2 is 2.26 bits per heavy atom. The molecule has 5 nitrogen and oxygen atoms in total. The molecule has 0 aliphatic carbocycles. The van der Waals surface area contributed by atoms with E-state index in [2.05, 4.69) is 22.0 Å². The molecule has 23 heavy (non-hydrogen) atoms. The monoisotopic (exact) mass is 319 g/mol. The van der Waals surface area contributed by atoms with Crippen LogP contribution in [0.15, 0.2) is 22.7 Å². The Morgan fingerprint density at radius 3 is 3.04 bits per heavy atom. The second-order valence-electron chi connectivity index (χ2n) is 5.90. The van der Waals surface area contributed by atoms with E-state index in [4.69, 9.17) is 9.26 Å². The van der Waals surface area contributed by atoms with Gasteiger partial charge in [-0.25, -0.2) is 4.39 Å². The maximum Gasteiger partial charge on any atom is 0.246 e. The van der Waals surface area contributed by atoms with E-state index < -0.39 is 0 Å². The molecule has 0 spiro atoms. The van der Waals surface area contributed by atoms with Crippen LogP contribution in [0, 0.1) is 12.7 Å². The predicted octanol–water partition coefficient (Wildman–Crippen LogP) is 3.36. The first-order valence-electron chi connectivity index (χ1n) is 8.11. The number of rotatable bonds is 5. The molecule has 1 aliphatic heterocycles. The summed E-state index contributed by atoms with van der Waals surface area (Å²) in [7, 11) is 0. The van der Waals surface area contributed by atoms with E-state index in [-0.39, 0.29) is 11.9 Å². The molecule has 1 aromatic carbocycles. The van der Waals surface area contributed by atoms with Gasteiger partial charge < -0.3 is 9.26 Å². The minimum absolute atomic E-state index is 0.0214. The Kier molecular flexibility index (Phi) is 5.03. The van der Waals surface area contributed by atoms with E-state index in [0.29, 0.717) is 29.4 Å². The number of nitrogens with zero attached hydrogens (tertiary/aromatic N) is 3. The molecule has 0 N–H and O–H groups in total. The zero-order valence-corrected chi connectivity index (χ0v) is 13.6. The van der Waals surface area contributed by atoms with E-state index in [1.54, 1.807) is 19.1 Å². The van der Waals surface area contributed by atoms with Crippen LogP contribution in [0.5, 0.6) is 0 Å². The molecule has 1 atom stereocenters. The lowest BCUT2D eigenvalue weighted by molar-refractivity contribution is -0.0203. The molecule has 0 bridgehead atoms. The van der Waals surface area contributed by atoms with Crippen molar-refractivity contribution in [2.45, 2.75) is 32.7 Å². The fourth-order valence-corrected chi connectivity index (χ4v) is 2.71. The van der Waals surface area contributed by atoms with Crippen molar-refractivity contribution in [1.29, 1.82) is 0 Å². The highest BCUT2D eigenvalue weighted by Gasteiger charge is 2.29. The Hall–Kier alpha value is -1.79. The van der Waals surface area contributed by atoms with Crippen LogP contribution in [0.25, 0.3) is 11.4 Å². The first kappa shape index (κ1) is 16.1. The maximum absolute atomic E-state index is 13.7. The van der Waals surface area contributed by atoms with Gasteiger partial charge in [0.2, 0.25) is 11.7 Å². The molecule has 2 heterocycles. The smallest absolute Gasteiger partial charge is 0.246 e. The van der Waals surface area contributed by atoms with E-state index in [0.717, 1.165) is 32.5 Å². The van der Waals surface area contributed by atoms with Crippen molar-refractivity contribution in [3.63, 3.8) is 0 Å². The summed E-state index contributed by atoms with van der Waals surface area (Å²) in [6.45, 7) is 7.03.